The second-order valence-electron chi connectivity index (χ2n) is 6.40. The van der Waals surface area contributed by atoms with Crippen LogP contribution in [-0.2, 0) is 16.0 Å². The lowest BCUT2D eigenvalue weighted by atomic mass is 10.1. The minimum absolute atomic E-state index is 0. The maximum atomic E-state index is 13.0. The van der Waals surface area contributed by atoms with Gasteiger partial charge in [0.1, 0.15) is 17.8 Å². The van der Waals surface area contributed by atoms with Crippen LogP contribution in [0.25, 0.3) is 0 Å². The van der Waals surface area contributed by atoms with Gasteiger partial charge in [-0.05, 0) is 12.8 Å². The molecule has 1 aliphatic heterocycles. The van der Waals surface area contributed by atoms with Gasteiger partial charge in [0.2, 0.25) is 11.8 Å². The van der Waals surface area contributed by atoms with Crippen molar-refractivity contribution in [1.29, 1.82) is 0 Å². The summed E-state index contributed by atoms with van der Waals surface area (Å²) in [6.45, 7) is 0.337. The van der Waals surface area contributed by atoms with Crippen molar-refractivity contribution in [3.8, 4) is 0 Å². The summed E-state index contributed by atoms with van der Waals surface area (Å²) in [4.78, 5) is 72.2. The number of hydrogen-bond acceptors (Lipinski definition) is 6. The lowest BCUT2D eigenvalue weighted by Crippen LogP contribution is -2.53. The molecule has 3 amide bonds. The minimum atomic E-state index is -1.06. The molecule has 13 heteroatoms. The molecule has 0 aliphatic carbocycles. The Bertz CT molecular complexity index is 967. The van der Waals surface area contributed by atoms with E-state index < -0.39 is 41.1 Å². The summed E-state index contributed by atoms with van der Waals surface area (Å²) >= 11 is 0. The van der Waals surface area contributed by atoms with Crippen molar-refractivity contribution in [3.05, 3.63) is 50.8 Å². The van der Waals surface area contributed by atoms with Gasteiger partial charge in [0.05, 0.1) is 6.33 Å². The molecular weight excluding hydrogens is 386 g/mol. The Morgan fingerprint density at radius 3 is 2.69 bits per heavy atom. The van der Waals surface area contributed by atoms with Crippen LogP contribution in [0.1, 0.15) is 29.0 Å². The van der Waals surface area contributed by atoms with E-state index in [1.807, 2.05) is 4.98 Å². The number of rotatable bonds is 6. The molecule has 1 aliphatic rings. The van der Waals surface area contributed by atoms with E-state index in [0.717, 1.165) is 6.07 Å². The summed E-state index contributed by atoms with van der Waals surface area (Å²) in [5, 5.41) is 2.51. The first kappa shape index (κ1) is 21.6. The molecule has 3 heterocycles. The highest BCUT2D eigenvalue weighted by atomic mass is 16.2. The van der Waals surface area contributed by atoms with E-state index in [4.69, 9.17) is 5.73 Å². The maximum absolute atomic E-state index is 13.0. The molecule has 2 atom stereocenters. The summed E-state index contributed by atoms with van der Waals surface area (Å²) in [6, 6.07) is -0.889. The standard InChI is InChI=1S/C16H19N7O5.H2O/c17-13(25)11-2-1-3-23(11)15(27)10(4-8-6-18-7-19-8)20-14(26)9-5-12(24)22-16(28)21-9;/h5-7,10-11H,1-4H2,(H2,17,25)(H,18,19)(H,20,26)(H2,21,22,24,28);1H2/t10-,11-;/m0./s1. The molecule has 1 saturated heterocycles. The Hall–Kier alpha value is -3.74. The van der Waals surface area contributed by atoms with Crippen LogP contribution in [0.5, 0.6) is 0 Å². The number of nitrogens with one attached hydrogen (secondary N) is 4. The van der Waals surface area contributed by atoms with Crippen LogP contribution in [0.4, 0.5) is 0 Å². The number of amides is 3. The zero-order chi connectivity index (χ0) is 20.3. The molecule has 0 unspecified atom stereocenters. The number of aromatic nitrogens is 4. The van der Waals surface area contributed by atoms with Crippen molar-refractivity contribution >= 4 is 17.7 Å². The molecule has 0 bridgehead atoms. The highest BCUT2D eigenvalue weighted by molar-refractivity contribution is 5.97. The molecule has 13 nitrogen and oxygen atoms in total. The van der Waals surface area contributed by atoms with E-state index in [-0.39, 0.29) is 17.6 Å². The monoisotopic (exact) mass is 407 g/mol. The zero-order valence-corrected chi connectivity index (χ0v) is 15.2. The average Bonchev–Trinajstić information content (AvgIpc) is 3.31. The van der Waals surface area contributed by atoms with Gasteiger partial charge >= 0.3 is 5.69 Å². The molecule has 0 saturated carbocycles. The van der Waals surface area contributed by atoms with E-state index in [9.17, 15) is 24.0 Å². The van der Waals surface area contributed by atoms with Crippen molar-refractivity contribution in [2.75, 3.05) is 6.54 Å². The van der Waals surface area contributed by atoms with Gasteiger partial charge in [0.15, 0.2) is 0 Å². The Kier molecular flexibility index (Phi) is 6.67. The van der Waals surface area contributed by atoms with Gasteiger partial charge in [-0.3, -0.25) is 24.2 Å². The van der Waals surface area contributed by atoms with Gasteiger partial charge in [0.25, 0.3) is 11.5 Å². The highest BCUT2D eigenvalue weighted by Crippen LogP contribution is 2.19. The number of nitrogens with zero attached hydrogens (tertiary/aromatic N) is 2. The third kappa shape index (κ3) is 4.95. The van der Waals surface area contributed by atoms with Crippen LogP contribution in [0.2, 0.25) is 0 Å². The number of likely N-dealkylation sites (tertiary alicyclic amines) is 1. The Morgan fingerprint density at radius 2 is 2.07 bits per heavy atom. The number of nitrogens with two attached hydrogens (primary N) is 1. The molecule has 156 valence electrons. The molecule has 0 spiro atoms. The number of carbonyl (C=O) groups excluding carboxylic acids is 3. The number of primary amides is 1. The van der Waals surface area contributed by atoms with Crippen LogP contribution in [0.15, 0.2) is 28.2 Å². The minimum Gasteiger partial charge on any atom is -0.412 e. The van der Waals surface area contributed by atoms with Crippen molar-refractivity contribution in [2.24, 2.45) is 5.73 Å². The summed E-state index contributed by atoms with van der Waals surface area (Å²) in [7, 11) is 0. The summed E-state index contributed by atoms with van der Waals surface area (Å²) in [6.07, 6.45) is 4.06. The molecule has 1 fully saturated rings. The molecule has 8 N–H and O–H groups in total. The number of H-pyrrole nitrogens is 3. The smallest absolute Gasteiger partial charge is 0.326 e. The molecule has 0 radical (unpaired) electrons. The van der Waals surface area contributed by atoms with Crippen molar-refractivity contribution in [2.45, 2.75) is 31.3 Å². The molecule has 3 rings (SSSR count). The Balaban J connectivity index is 0.00000300. The fourth-order valence-corrected chi connectivity index (χ4v) is 3.17. The van der Waals surface area contributed by atoms with E-state index in [0.29, 0.717) is 25.1 Å². The van der Waals surface area contributed by atoms with Gasteiger partial charge < -0.3 is 31.4 Å². The van der Waals surface area contributed by atoms with E-state index >= 15 is 0 Å². The predicted octanol–water partition coefficient (Wildman–Crippen LogP) is -3.22. The number of carbonyl (C=O) groups is 3. The zero-order valence-electron chi connectivity index (χ0n) is 15.2. The van der Waals surface area contributed by atoms with E-state index in [1.54, 1.807) is 0 Å². The third-order valence-electron chi connectivity index (χ3n) is 4.45. The van der Waals surface area contributed by atoms with Crippen molar-refractivity contribution in [3.63, 3.8) is 0 Å². The predicted molar refractivity (Wildman–Crippen MR) is 98.8 cm³/mol. The molecule has 2 aromatic heterocycles. The van der Waals surface area contributed by atoms with Gasteiger partial charge in [-0.25, -0.2) is 9.78 Å². The first-order chi connectivity index (χ1) is 13.3. The number of hydrogen-bond donors (Lipinski definition) is 5. The second kappa shape index (κ2) is 8.97. The van der Waals surface area contributed by atoms with Gasteiger partial charge in [0, 0.05) is 30.9 Å². The van der Waals surface area contributed by atoms with Crippen molar-refractivity contribution < 1.29 is 19.9 Å². The fourth-order valence-electron chi connectivity index (χ4n) is 3.17. The van der Waals surface area contributed by atoms with E-state index in [1.165, 1.54) is 17.4 Å². The maximum Gasteiger partial charge on any atom is 0.326 e. The van der Waals surface area contributed by atoms with Crippen LogP contribution < -0.4 is 22.3 Å². The highest BCUT2D eigenvalue weighted by Gasteiger charge is 2.37. The second-order valence-corrected chi connectivity index (χ2v) is 6.40. The van der Waals surface area contributed by atoms with Crippen LogP contribution >= 0.6 is 0 Å². The van der Waals surface area contributed by atoms with Crippen LogP contribution in [0, 0.1) is 0 Å². The topological polar surface area (TPSA) is 218 Å². The number of aromatic amines is 3. The largest absolute Gasteiger partial charge is 0.412 e. The van der Waals surface area contributed by atoms with Gasteiger partial charge in [-0.15, -0.1) is 0 Å². The molecule has 0 aromatic carbocycles. The average molecular weight is 407 g/mol. The summed E-state index contributed by atoms with van der Waals surface area (Å²) in [5.74, 6) is -1.91. The first-order valence-corrected chi connectivity index (χ1v) is 8.56. The lowest BCUT2D eigenvalue weighted by Gasteiger charge is -2.27. The lowest BCUT2D eigenvalue weighted by molar-refractivity contribution is -0.138. The quantitative estimate of drug-likeness (QED) is 0.331. The van der Waals surface area contributed by atoms with Gasteiger partial charge in [-0.1, -0.05) is 0 Å². The Labute approximate surface area is 163 Å². The normalized spacial score (nSPS) is 16.7. The first-order valence-electron chi connectivity index (χ1n) is 8.56. The molecular formula is C16H21N7O6. The van der Waals surface area contributed by atoms with Crippen LogP contribution in [0.3, 0.4) is 0 Å². The number of imidazole rings is 1. The van der Waals surface area contributed by atoms with Crippen LogP contribution in [-0.4, -0.2) is 66.7 Å². The fraction of sp³-hybridized carbons (Fsp3) is 0.375. The Morgan fingerprint density at radius 1 is 1.31 bits per heavy atom. The van der Waals surface area contributed by atoms with E-state index in [2.05, 4.69) is 20.3 Å². The summed E-state index contributed by atoms with van der Waals surface area (Å²) in [5.41, 5.74) is 4.07. The van der Waals surface area contributed by atoms with Gasteiger partial charge in [-0.2, -0.15) is 0 Å². The third-order valence-corrected chi connectivity index (χ3v) is 4.45. The molecule has 2 aromatic rings. The van der Waals surface area contributed by atoms with Crippen molar-refractivity contribution in [1.82, 2.24) is 30.2 Å². The molecule has 29 heavy (non-hydrogen) atoms. The SMILES string of the molecule is NC(=O)[C@@H]1CCCN1C(=O)[C@H](Cc1cnc[nH]1)NC(=O)c1cc(=O)[nH]c(=O)[nH]1.O. The summed E-state index contributed by atoms with van der Waals surface area (Å²) < 4.78 is 0.